The molecule has 52 heavy (non-hydrogen) atoms. The zero-order valence-electron chi connectivity index (χ0n) is 28.1. The largest absolute Gasteiger partial charge is 0.437 e. The van der Waals surface area contributed by atoms with Crippen molar-refractivity contribution in [3.05, 3.63) is 88.3 Å². The molecule has 0 unspecified atom stereocenters. The maximum Gasteiger partial charge on any atom is 0.416 e. The highest BCUT2D eigenvalue weighted by molar-refractivity contribution is 6.45. The molecule has 21 heteroatoms. The lowest BCUT2D eigenvalue weighted by Crippen LogP contribution is -2.34. The van der Waals surface area contributed by atoms with Crippen molar-refractivity contribution in [1.29, 1.82) is 0 Å². The topological polar surface area (TPSA) is 169 Å². The predicted molar refractivity (Wildman–Crippen MR) is 186 cm³/mol. The smallest absolute Gasteiger partial charge is 0.416 e. The Bertz CT molecular complexity index is 1810. The molecule has 0 saturated heterocycles. The average Bonchev–Trinajstić information content (AvgIpc) is 3.02. The first-order chi connectivity index (χ1) is 24.3. The zero-order valence-corrected chi connectivity index (χ0v) is 28.9. The number of hydrogen-bond acceptors (Lipinski definition) is 9. The Labute approximate surface area is 299 Å². The van der Waals surface area contributed by atoms with Gasteiger partial charge in [0.25, 0.3) is 0 Å². The van der Waals surface area contributed by atoms with Crippen LogP contribution < -0.4 is 26.6 Å². The van der Waals surface area contributed by atoms with Gasteiger partial charge < -0.3 is 25.8 Å². The third kappa shape index (κ3) is 14.2. The predicted octanol–water partition coefficient (Wildman–Crippen LogP) is 7.39. The molecule has 0 aliphatic rings. The van der Waals surface area contributed by atoms with E-state index in [0.717, 1.165) is 30.7 Å². The molecular formula is C31H34BClF6N10O3. The van der Waals surface area contributed by atoms with Gasteiger partial charge in [-0.2, -0.15) is 31.3 Å². The molecule has 0 atom stereocenters. The van der Waals surface area contributed by atoms with Crippen LogP contribution in [0.15, 0.2) is 60.7 Å². The Kier molecular flexibility index (Phi) is 14.5. The van der Waals surface area contributed by atoms with E-state index in [1.807, 2.05) is 7.05 Å². The molecule has 4 aromatic rings. The van der Waals surface area contributed by atoms with Crippen LogP contribution in [0.5, 0.6) is 0 Å². The number of hydrogen-bond donors (Lipinski definition) is 6. The van der Waals surface area contributed by atoms with E-state index in [0.29, 0.717) is 30.3 Å². The van der Waals surface area contributed by atoms with Gasteiger partial charge in [-0.15, -0.1) is 0 Å². The molecule has 4 rings (SSSR count). The summed E-state index contributed by atoms with van der Waals surface area (Å²) in [5.74, 6) is 0.467. The molecule has 0 spiro atoms. The number of benzene rings is 2. The van der Waals surface area contributed by atoms with Gasteiger partial charge in [0.05, 0.1) is 11.1 Å². The number of halogens is 7. The molecule has 0 radical (unpaired) electrons. The molecular weight excluding hydrogens is 721 g/mol. The molecule has 2 heterocycles. The minimum absolute atomic E-state index is 0.00411. The average molecular weight is 755 g/mol. The lowest BCUT2D eigenvalue weighted by molar-refractivity contribution is -0.138. The van der Waals surface area contributed by atoms with Crippen molar-refractivity contribution in [2.24, 2.45) is 0 Å². The van der Waals surface area contributed by atoms with E-state index in [1.165, 1.54) is 30.3 Å². The lowest BCUT2D eigenvalue weighted by Gasteiger charge is -2.17. The number of rotatable bonds is 10. The van der Waals surface area contributed by atoms with Crippen LogP contribution in [0.4, 0.5) is 65.0 Å². The summed E-state index contributed by atoms with van der Waals surface area (Å²) >= 11 is 5.72. The van der Waals surface area contributed by atoms with Gasteiger partial charge in [-0.1, -0.05) is 23.7 Å². The Balaban J connectivity index is 0.000000294. The SMILES string of the molecule is CB(O)N(C)CCCNc1cc(C)nc(NC(=O)Nc2cccc(C(F)(F)F)c2)n1.Cc1cc(Cl)nc(NC(=O)Nc2cccc(C(F)(F)F)c2)n1. The van der Waals surface area contributed by atoms with E-state index in [-0.39, 0.29) is 28.4 Å². The number of anilines is 5. The lowest BCUT2D eigenvalue weighted by atomic mass is 9.86. The number of aromatic nitrogens is 4. The Morgan fingerprint density at radius 1 is 0.769 bits per heavy atom. The highest BCUT2D eigenvalue weighted by Gasteiger charge is 2.31. The van der Waals surface area contributed by atoms with Crippen molar-refractivity contribution in [3.8, 4) is 0 Å². The summed E-state index contributed by atoms with van der Waals surface area (Å²) in [6.07, 6.45) is -8.23. The van der Waals surface area contributed by atoms with E-state index >= 15 is 0 Å². The maximum atomic E-state index is 12.8. The fourth-order valence-electron chi connectivity index (χ4n) is 4.11. The molecule has 0 aliphatic carbocycles. The summed E-state index contributed by atoms with van der Waals surface area (Å²) in [5.41, 5.74) is -0.598. The molecule has 2 aromatic carbocycles. The van der Waals surface area contributed by atoms with Crippen LogP contribution in [0.3, 0.4) is 0 Å². The van der Waals surface area contributed by atoms with E-state index in [4.69, 9.17) is 11.6 Å². The van der Waals surface area contributed by atoms with Crippen molar-refractivity contribution in [1.82, 2.24) is 24.7 Å². The molecule has 2 aromatic heterocycles. The van der Waals surface area contributed by atoms with Crippen molar-refractivity contribution < 1.29 is 41.0 Å². The number of alkyl halides is 6. The first-order valence-electron chi connectivity index (χ1n) is 15.3. The standard InChI is InChI=1S/C18H24BF3N6O2.C13H10ClF3N4O/c1-12-10-15(23-8-5-9-28(3)19(2)30)26-16(24-12)27-17(29)25-14-7-4-6-13(11-14)18(20,21)22;1-7-5-10(14)20-11(18-7)21-12(22)19-9-4-2-3-8(6-9)13(15,16)17/h4,6-7,10-11,30H,5,8-9H2,1-3H3,(H3,23,24,25,26,27,29);2-6H,1H3,(H2,18,19,20,21,22). The molecule has 0 aliphatic heterocycles. The normalized spacial score (nSPS) is 11.2. The minimum Gasteiger partial charge on any atom is -0.437 e. The number of nitrogens with one attached hydrogen (secondary N) is 5. The molecule has 0 bridgehead atoms. The number of carbonyl (C=O) groups excluding carboxylic acids is 2. The van der Waals surface area contributed by atoms with Gasteiger partial charge in [0.15, 0.2) is 0 Å². The summed E-state index contributed by atoms with van der Waals surface area (Å²) in [6, 6.07) is 10.2. The molecule has 278 valence electrons. The third-order valence-corrected chi connectivity index (χ3v) is 6.85. The van der Waals surface area contributed by atoms with Crippen LogP contribution in [0.1, 0.15) is 28.9 Å². The van der Waals surface area contributed by atoms with Crippen molar-refractivity contribution in [2.75, 3.05) is 46.7 Å². The highest BCUT2D eigenvalue weighted by Crippen LogP contribution is 2.31. The van der Waals surface area contributed by atoms with E-state index in [9.17, 15) is 41.0 Å². The van der Waals surface area contributed by atoms with Crippen molar-refractivity contribution in [3.63, 3.8) is 0 Å². The second kappa shape index (κ2) is 18.3. The van der Waals surface area contributed by atoms with Crippen LogP contribution in [-0.4, -0.2) is 69.0 Å². The van der Waals surface area contributed by atoms with E-state index in [2.05, 4.69) is 46.5 Å². The summed E-state index contributed by atoms with van der Waals surface area (Å²) in [6.45, 7) is 6.33. The van der Waals surface area contributed by atoms with Crippen LogP contribution in [0, 0.1) is 13.8 Å². The van der Waals surface area contributed by atoms with Gasteiger partial charge in [-0.05, 0) is 83.1 Å². The van der Waals surface area contributed by atoms with Crippen molar-refractivity contribution in [2.45, 2.75) is 39.4 Å². The van der Waals surface area contributed by atoms with Crippen LogP contribution in [0.2, 0.25) is 12.0 Å². The number of amides is 4. The second-order valence-electron chi connectivity index (χ2n) is 11.1. The van der Waals surface area contributed by atoms with Gasteiger partial charge in [-0.3, -0.25) is 10.6 Å². The number of nitrogens with zero attached hydrogens (tertiary/aromatic N) is 5. The maximum absolute atomic E-state index is 12.8. The summed E-state index contributed by atoms with van der Waals surface area (Å²) < 4.78 is 76.1. The summed E-state index contributed by atoms with van der Waals surface area (Å²) in [7, 11) is 1.28. The van der Waals surface area contributed by atoms with E-state index < -0.39 is 42.6 Å². The van der Waals surface area contributed by atoms with Crippen molar-refractivity contribution >= 4 is 59.8 Å². The molecule has 0 saturated carbocycles. The third-order valence-electron chi connectivity index (χ3n) is 6.65. The van der Waals surface area contributed by atoms with Gasteiger partial charge in [0.2, 0.25) is 11.9 Å². The highest BCUT2D eigenvalue weighted by atomic mass is 35.5. The second-order valence-corrected chi connectivity index (χ2v) is 11.5. The monoisotopic (exact) mass is 754 g/mol. The molecule has 4 amide bonds. The minimum atomic E-state index is -4.50. The fraction of sp³-hybridized carbons (Fsp3) is 0.290. The van der Waals surface area contributed by atoms with E-state index in [1.54, 1.807) is 31.5 Å². The Morgan fingerprint density at radius 2 is 1.25 bits per heavy atom. The quantitative estimate of drug-likeness (QED) is 0.0418. The van der Waals surface area contributed by atoms with Gasteiger partial charge in [-0.25, -0.2) is 24.5 Å². The van der Waals surface area contributed by atoms with Gasteiger partial charge >= 0.3 is 31.5 Å². The number of carbonyl (C=O) groups is 2. The number of aryl methyl sites for hydroxylation is 2. The first-order valence-corrected chi connectivity index (χ1v) is 15.7. The Hall–Kier alpha value is -5.21. The fourth-order valence-corrected chi connectivity index (χ4v) is 4.35. The first kappa shape index (κ1) is 41.2. The molecule has 6 N–H and O–H groups in total. The van der Waals surface area contributed by atoms with Gasteiger partial charge in [0, 0.05) is 35.4 Å². The molecule has 0 fully saturated rings. The van der Waals surface area contributed by atoms with Crippen LogP contribution in [-0.2, 0) is 12.4 Å². The van der Waals surface area contributed by atoms with Gasteiger partial charge in [0.1, 0.15) is 11.0 Å². The van der Waals surface area contributed by atoms with Crippen LogP contribution in [0.25, 0.3) is 0 Å². The Morgan fingerprint density at radius 3 is 1.71 bits per heavy atom. The summed E-state index contributed by atoms with van der Waals surface area (Å²) in [4.78, 5) is 41.7. The zero-order chi connectivity index (χ0) is 38.6. The molecule has 13 nitrogen and oxygen atoms in total. The van der Waals surface area contributed by atoms with Crippen LogP contribution >= 0.6 is 11.6 Å². The number of urea groups is 2. The summed E-state index contributed by atoms with van der Waals surface area (Å²) in [5, 5.41) is 22.0.